The smallest absolute Gasteiger partial charge is 0.270 e. The Kier molecular flexibility index (Phi) is 5.35. The van der Waals surface area contributed by atoms with E-state index in [1.54, 1.807) is 36.1 Å². The Labute approximate surface area is 135 Å². The van der Waals surface area contributed by atoms with Gasteiger partial charge in [-0.15, -0.1) is 0 Å². The molecule has 0 aliphatic carbocycles. The number of ether oxygens (including phenoxy) is 1. The number of hydrogen-bond donors (Lipinski definition) is 2. The molecule has 0 fully saturated rings. The van der Waals surface area contributed by atoms with Crippen LogP contribution in [0.15, 0.2) is 35.5 Å². The fourth-order valence-corrected chi connectivity index (χ4v) is 2.12. The topological polar surface area (TPSA) is 94.5 Å². The van der Waals surface area contributed by atoms with Crippen molar-refractivity contribution in [1.29, 1.82) is 0 Å². The molecular formula is C16H21N5O2. The first-order valence-electron chi connectivity index (χ1n) is 7.31. The summed E-state index contributed by atoms with van der Waals surface area (Å²) in [5.74, 6) is 0.353. The van der Waals surface area contributed by atoms with Crippen LogP contribution in [-0.4, -0.2) is 35.0 Å². The minimum Gasteiger partial charge on any atom is -0.487 e. The van der Waals surface area contributed by atoms with Crippen LogP contribution in [0.4, 0.5) is 5.69 Å². The first kappa shape index (κ1) is 16.5. The molecule has 0 unspecified atom stereocenters. The van der Waals surface area contributed by atoms with E-state index in [1.165, 1.54) is 0 Å². The van der Waals surface area contributed by atoms with E-state index in [0.717, 1.165) is 5.69 Å². The van der Waals surface area contributed by atoms with Crippen molar-refractivity contribution in [3.8, 4) is 5.75 Å². The van der Waals surface area contributed by atoms with Gasteiger partial charge in [-0.1, -0.05) is 0 Å². The predicted octanol–water partition coefficient (Wildman–Crippen LogP) is 1.14. The van der Waals surface area contributed by atoms with Gasteiger partial charge in [0.2, 0.25) is 0 Å². The molecule has 7 nitrogen and oxygen atoms in total. The average Bonchev–Trinajstić information content (AvgIpc) is 2.94. The summed E-state index contributed by atoms with van der Waals surface area (Å²) in [7, 11) is 3.41. The van der Waals surface area contributed by atoms with Crippen molar-refractivity contribution in [3.63, 3.8) is 0 Å². The fraction of sp³-hybridized carbons (Fsp3) is 0.312. The second-order valence-corrected chi connectivity index (χ2v) is 4.92. The Bertz CT molecular complexity index is 721. The third-order valence-electron chi connectivity index (χ3n) is 3.37. The summed E-state index contributed by atoms with van der Waals surface area (Å²) in [5.41, 5.74) is 8.25. The normalized spacial score (nSPS) is 11.3. The van der Waals surface area contributed by atoms with Crippen LogP contribution >= 0.6 is 0 Å². The molecular weight excluding hydrogens is 294 g/mol. The molecule has 23 heavy (non-hydrogen) atoms. The van der Waals surface area contributed by atoms with Gasteiger partial charge < -0.3 is 15.8 Å². The lowest BCUT2D eigenvalue weighted by atomic mass is 10.1. The van der Waals surface area contributed by atoms with Crippen LogP contribution < -0.4 is 15.8 Å². The van der Waals surface area contributed by atoms with Gasteiger partial charge in [0.25, 0.3) is 5.91 Å². The summed E-state index contributed by atoms with van der Waals surface area (Å²) in [5, 5.41) is 6.82. The van der Waals surface area contributed by atoms with E-state index in [9.17, 15) is 4.79 Å². The SMILES string of the molecule is CCNC(=O)C(=NC)c1cc(OCc2ccnn2C)ccc1N. The minimum atomic E-state index is -0.259. The van der Waals surface area contributed by atoms with E-state index in [1.807, 2.05) is 20.0 Å². The molecule has 1 aromatic heterocycles. The van der Waals surface area contributed by atoms with Crippen molar-refractivity contribution >= 4 is 17.3 Å². The molecule has 0 saturated carbocycles. The van der Waals surface area contributed by atoms with Gasteiger partial charge in [-0.3, -0.25) is 14.5 Å². The number of rotatable bonds is 6. The summed E-state index contributed by atoms with van der Waals surface area (Å²) in [4.78, 5) is 16.1. The second kappa shape index (κ2) is 7.44. The number of nitrogen functional groups attached to an aromatic ring is 1. The van der Waals surface area contributed by atoms with E-state index in [2.05, 4.69) is 15.4 Å². The van der Waals surface area contributed by atoms with Gasteiger partial charge in [-0.2, -0.15) is 5.10 Å². The van der Waals surface area contributed by atoms with Gasteiger partial charge in [0.1, 0.15) is 18.1 Å². The number of amides is 1. The van der Waals surface area contributed by atoms with E-state index in [4.69, 9.17) is 10.5 Å². The first-order chi connectivity index (χ1) is 11.1. The number of nitrogens with one attached hydrogen (secondary N) is 1. The maximum atomic E-state index is 12.1. The number of hydrogen-bond acceptors (Lipinski definition) is 5. The first-order valence-corrected chi connectivity index (χ1v) is 7.31. The predicted molar refractivity (Wildman–Crippen MR) is 89.5 cm³/mol. The van der Waals surface area contributed by atoms with E-state index >= 15 is 0 Å². The Morgan fingerprint density at radius 3 is 2.83 bits per heavy atom. The zero-order valence-corrected chi connectivity index (χ0v) is 13.5. The molecule has 0 saturated heterocycles. The maximum absolute atomic E-state index is 12.1. The van der Waals surface area contributed by atoms with Crippen molar-refractivity contribution in [2.24, 2.45) is 12.0 Å². The van der Waals surface area contributed by atoms with Gasteiger partial charge in [-0.05, 0) is 31.2 Å². The highest BCUT2D eigenvalue weighted by Crippen LogP contribution is 2.21. The molecule has 1 heterocycles. The monoisotopic (exact) mass is 315 g/mol. The van der Waals surface area contributed by atoms with Crippen molar-refractivity contribution in [1.82, 2.24) is 15.1 Å². The average molecular weight is 315 g/mol. The van der Waals surface area contributed by atoms with E-state index in [-0.39, 0.29) is 11.6 Å². The molecule has 0 atom stereocenters. The Morgan fingerprint density at radius 2 is 2.22 bits per heavy atom. The lowest BCUT2D eigenvalue weighted by Gasteiger charge is -2.12. The summed E-state index contributed by atoms with van der Waals surface area (Å²) in [6.07, 6.45) is 1.71. The Morgan fingerprint density at radius 1 is 1.43 bits per heavy atom. The summed E-state index contributed by atoms with van der Waals surface area (Å²) in [6.45, 7) is 2.75. The number of anilines is 1. The minimum absolute atomic E-state index is 0.259. The third-order valence-corrected chi connectivity index (χ3v) is 3.37. The summed E-state index contributed by atoms with van der Waals surface area (Å²) < 4.78 is 7.50. The number of aromatic nitrogens is 2. The van der Waals surface area contributed by atoms with E-state index in [0.29, 0.717) is 30.2 Å². The number of aliphatic imine (C=N–C) groups is 1. The molecule has 0 radical (unpaired) electrons. The Hall–Kier alpha value is -2.83. The molecule has 0 bridgehead atoms. The molecule has 0 aliphatic rings. The molecule has 2 rings (SSSR count). The van der Waals surface area contributed by atoms with Gasteiger partial charge in [0.15, 0.2) is 0 Å². The van der Waals surface area contributed by atoms with Crippen molar-refractivity contribution in [2.75, 3.05) is 19.3 Å². The Balaban J connectivity index is 2.21. The fourth-order valence-electron chi connectivity index (χ4n) is 2.12. The molecule has 0 spiro atoms. The molecule has 122 valence electrons. The number of likely N-dealkylation sites (N-methyl/N-ethyl adjacent to an activating group) is 1. The molecule has 1 aromatic carbocycles. The zero-order chi connectivity index (χ0) is 16.8. The van der Waals surface area contributed by atoms with Gasteiger partial charge in [-0.25, -0.2) is 0 Å². The van der Waals surface area contributed by atoms with Gasteiger partial charge in [0.05, 0.1) is 5.69 Å². The summed E-state index contributed by atoms with van der Waals surface area (Å²) in [6, 6.07) is 7.08. The van der Waals surface area contributed by atoms with Crippen LogP contribution in [0.5, 0.6) is 5.75 Å². The number of carbonyl (C=O) groups excluding carboxylic acids is 1. The standard InChI is InChI=1S/C16H21N5O2/c1-4-19-16(22)15(18-2)13-9-12(5-6-14(13)17)23-10-11-7-8-20-21(11)3/h5-9H,4,10,17H2,1-3H3,(H,19,22). The highest BCUT2D eigenvalue weighted by Gasteiger charge is 2.16. The largest absolute Gasteiger partial charge is 0.487 e. The number of carbonyl (C=O) groups is 1. The van der Waals surface area contributed by atoms with Gasteiger partial charge >= 0.3 is 0 Å². The molecule has 7 heteroatoms. The maximum Gasteiger partial charge on any atom is 0.270 e. The van der Waals surface area contributed by atoms with Crippen LogP contribution in [-0.2, 0) is 18.4 Å². The molecule has 1 amide bonds. The highest BCUT2D eigenvalue weighted by molar-refractivity contribution is 6.46. The van der Waals surface area contributed by atoms with Crippen LogP contribution in [0, 0.1) is 0 Å². The van der Waals surface area contributed by atoms with Crippen LogP contribution in [0.25, 0.3) is 0 Å². The number of benzene rings is 1. The quantitative estimate of drug-likeness (QED) is 0.617. The molecule has 3 N–H and O–H groups in total. The van der Waals surface area contributed by atoms with E-state index < -0.39 is 0 Å². The number of nitrogens with zero attached hydrogens (tertiary/aromatic N) is 3. The molecule has 2 aromatic rings. The van der Waals surface area contributed by atoms with Crippen LogP contribution in [0.3, 0.4) is 0 Å². The van der Waals surface area contributed by atoms with Gasteiger partial charge in [0, 0.05) is 38.1 Å². The molecule has 0 aliphatic heterocycles. The zero-order valence-electron chi connectivity index (χ0n) is 13.5. The number of nitrogens with two attached hydrogens (primary N) is 1. The lowest BCUT2D eigenvalue weighted by Crippen LogP contribution is -2.31. The van der Waals surface area contributed by atoms with Crippen molar-refractivity contribution in [3.05, 3.63) is 41.7 Å². The third kappa shape index (κ3) is 3.88. The summed E-state index contributed by atoms with van der Waals surface area (Å²) >= 11 is 0. The number of aryl methyl sites for hydroxylation is 1. The van der Waals surface area contributed by atoms with Crippen molar-refractivity contribution in [2.45, 2.75) is 13.5 Å². The van der Waals surface area contributed by atoms with Crippen molar-refractivity contribution < 1.29 is 9.53 Å². The van der Waals surface area contributed by atoms with Crippen LogP contribution in [0.2, 0.25) is 0 Å². The second-order valence-electron chi connectivity index (χ2n) is 4.92. The van der Waals surface area contributed by atoms with Crippen LogP contribution in [0.1, 0.15) is 18.2 Å². The highest BCUT2D eigenvalue weighted by atomic mass is 16.5. The lowest BCUT2D eigenvalue weighted by molar-refractivity contribution is -0.114.